The lowest BCUT2D eigenvalue weighted by Crippen LogP contribution is -2.18. The van der Waals surface area contributed by atoms with Crippen molar-refractivity contribution in [2.24, 2.45) is 11.8 Å². The number of benzene rings is 1. The topological polar surface area (TPSA) is 37.3 Å². The summed E-state index contributed by atoms with van der Waals surface area (Å²) < 4.78 is 13.5. The van der Waals surface area contributed by atoms with E-state index in [1.165, 1.54) is 17.0 Å². The molecule has 1 heterocycles. The number of halogens is 3. The van der Waals surface area contributed by atoms with Gasteiger partial charge >= 0.3 is 0 Å². The highest BCUT2D eigenvalue weighted by Crippen LogP contribution is 2.40. The van der Waals surface area contributed by atoms with Crippen molar-refractivity contribution in [2.75, 3.05) is 0 Å². The lowest BCUT2D eigenvalue weighted by molar-refractivity contribution is 0.102. The van der Waals surface area contributed by atoms with Gasteiger partial charge in [0.05, 0.1) is 11.0 Å². The third-order valence-corrected chi connectivity index (χ3v) is 7.20. The molecule has 0 bridgehead atoms. The fraction of sp³-hybridized carbons (Fsp3) is 0.409. The first-order valence-corrected chi connectivity index (χ1v) is 11.0. The molecule has 1 aliphatic rings. The summed E-state index contributed by atoms with van der Waals surface area (Å²) in [6.07, 6.45) is 6.51. The van der Waals surface area contributed by atoms with Crippen LogP contribution in [-0.2, 0) is 6.42 Å². The largest absolute Gasteiger partial charge is 0.392 e. The monoisotopic (exact) mass is 440 g/mol. The zero-order chi connectivity index (χ0) is 20.3. The van der Waals surface area contributed by atoms with Crippen LogP contribution >= 0.6 is 34.5 Å². The Balaban J connectivity index is 1.62. The quantitative estimate of drug-likeness (QED) is 0.400. The van der Waals surface area contributed by atoms with Gasteiger partial charge in [-0.3, -0.25) is 4.79 Å². The van der Waals surface area contributed by atoms with Crippen molar-refractivity contribution in [3.63, 3.8) is 0 Å². The normalized spacial score (nSPS) is 24.9. The molecule has 0 amide bonds. The van der Waals surface area contributed by atoms with Crippen LogP contribution in [0, 0.1) is 17.7 Å². The van der Waals surface area contributed by atoms with Crippen molar-refractivity contribution in [3.05, 3.63) is 62.6 Å². The van der Waals surface area contributed by atoms with Gasteiger partial charge in [-0.1, -0.05) is 23.8 Å². The van der Waals surface area contributed by atoms with Gasteiger partial charge in [-0.05, 0) is 74.4 Å². The maximum absolute atomic E-state index is 13.5. The van der Waals surface area contributed by atoms with E-state index in [2.05, 4.69) is 0 Å². The van der Waals surface area contributed by atoms with Crippen LogP contribution < -0.4 is 0 Å². The summed E-state index contributed by atoms with van der Waals surface area (Å²) in [6.45, 7) is 1.58. The summed E-state index contributed by atoms with van der Waals surface area (Å²) in [4.78, 5) is 13.4. The first kappa shape index (κ1) is 21.5. The molecule has 1 aromatic heterocycles. The van der Waals surface area contributed by atoms with Gasteiger partial charge in [-0.15, -0.1) is 22.9 Å². The molecule has 1 aromatic carbocycles. The van der Waals surface area contributed by atoms with Gasteiger partial charge in [-0.25, -0.2) is 4.39 Å². The smallest absolute Gasteiger partial charge is 0.169 e. The Hall–Kier alpha value is -1.20. The van der Waals surface area contributed by atoms with Crippen LogP contribution in [0.2, 0.25) is 5.02 Å². The summed E-state index contributed by atoms with van der Waals surface area (Å²) in [6, 6.07) is 8.26. The van der Waals surface area contributed by atoms with E-state index in [9.17, 15) is 14.3 Å². The number of carbonyl (C=O) groups is 1. The van der Waals surface area contributed by atoms with Crippen LogP contribution in [0.25, 0.3) is 6.08 Å². The molecule has 0 aliphatic heterocycles. The summed E-state index contributed by atoms with van der Waals surface area (Å²) in [5, 5.41) is 10.7. The van der Waals surface area contributed by atoms with Crippen molar-refractivity contribution in [2.45, 2.75) is 44.1 Å². The first-order valence-electron chi connectivity index (χ1n) is 9.39. The summed E-state index contributed by atoms with van der Waals surface area (Å²) in [5.41, 5.74) is 0.671. The molecule has 0 saturated heterocycles. The highest BCUT2D eigenvalue weighted by Gasteiger charge is 2.39. The molecule has 1 fully saturated rings. The van der Waals surface area contributed by atoms with E-state index in [1.54, 1.807) is 24.3 Å². The van der Waals surface area contributed by atoms with E-state index in [-0.39, 0.29) is 28.8 Å². The maximum atomic E-state index is 13.5. The molecule has 1 aliphatic carbocycles. The van der Waals surface area contributed by atoms with Crippen LogP contribution in [0.15, 0.2) is 36.4 Å². The molecule has 0 unspecified atom stereocenters. The van der Waals surface area contributed by atoms with Crippen LogP contribution in [0.3, 0.4) is 0 Å². The zero-order valence-corrected chi connectivity index (χ0v) is 17.9. The third kappa shape index (κ3) is 5.44. The Morgan fingerprint density at radius 1 is 1.36 bits per heavy atom. The number of aryl methyl sites for hydroxylation is 1. The van der Waals surface area contributed by atoms with Crippen molar-refractivity contribution in [1.29, 1.82) is 0 Å². The average Bonchev–Trinajstić information content (AvgIpc) is 3.18. The molecule has 1 saturated carbocycles. The second kappa shape index (κ2) is 9.53. The molecule has 2 nitrogen and oxygen atoms in total. The average molecular weight is 441 g/mol. The SMILES string of the molecule is CC(=O)c1ccc(CCC[C@@H]2[C@@H](/C=C\c3cc(F)cc(Cl)c3)[C@H](O)C[C@H]2Cl)s1. The second-order valence-electron chi connectivity index (χ2n) is 7.34. The first-order chi connectivity index (χ1) is 13.3. The van der Waals surface area contributed by atoms with Crippen molar-refractivity contribution < 1.29 is 14.3 Å². The minimum absolute atomic E-state index is 0.0688. The number of rotatable bonds is 7. The van der Waals surface area contributed by atoms with Gasteiger partial charge in [0.25, 0.3) is 0 Å². The summed E-state index contributed by atoms with van der Waals surface area (Å²) in [5.74, 6) is -0.199. The number of alkyl halides is 1. The zero-order valence-electron chi connectivity index (χ0n) is 15.6. The predicted octanol–water partition coefficient (Wildman–Crippen LogP) is 6.38. The fourth-order valence-electron chi connectivity index (χ4n) is 3.84. The minimum atomic E-state index is -0.501. The Morgan fingerprint density at radius 2 is 2.14 bits per heavy atom. The van der Waals surface area contributed by atoms with E-state index >= 15 is 0 Å². The molecule has 0 radical (unpaired) electrons. The van der Waals surface area contributed by atoms with Crippen LogP contribution in [0.4, 0.5) is 4.39 Å². The molecule has 150 valence electrons. The Labute approximate surface area is 179 Å². The van der Waals surface area contributed by atoms with Gasteiger partial charge in [-0.2, -0.15) is 0 Å². The Kier molecular flexibility index (Phi) is 7.32. The second-order valence-corrected chi connectivity index (χ2v) is 9.50. The number of hydrogen-bond acceptors (Lipinski definition) is 3. The highest BCUT2D eigenvalue weighted by atomic mass is 35.5. The lowest BCUT2D eigenvalue weighted by Gasteiger charge is -2.20. The molecule has 6 heteroatoms. The molecule has 1 N–H and O–H groups in total. The number of carbonyl (C=O) groups excluding carboxylic acids is 1. The number of aliphatic hydroxyl groups is 1. The molecule has 3 rings (SSSR count). The van der Waals surface area contributed by atoms with Gasteiger partial charge < -0.3 is 5.11 Å². The van der Waals surface area contributed by atoms with Crippen molar-refractivity contribution >= 4 is 46.4 Å². The standard InChI is InChI=1S/C22H23Cl2FO2S/c1-13(26)22-8-6-17(28-22)3-2-4-18-19(21(27)12-20(18)24)7-5-14-9-15(23)11-16(25)10-14/h5-11,18-21,27H,2-4,12H2,1H3/b7-5-/t18-,19-,20-,21-/m1/s1. The Bertz CT molecular complexity index is 844. The van der Waals surface area contributed by atoms with E-state index in [0.717, 1.165) is 24.1 Å². The van der Waals surface area contributed by atoms with Crippen LogP contribution in [-0.4, -0.2) is 22.4 Å². The van der Waals surface area contributed by atoms with E-state index in [0.29, 0.717) is 17.0 Å². The summed E-state index contributed by atoms with van der Waals surface area (Å²) in [7, 11) is 0. The van der Waals surface area contributed by atoms with Crippen LogP contribution in [0.1, 0.15) is 46.3 Å². The summed E-state index contributed by atoms with van der Waals surface area (Å²) >= 11 is 14.0. The Morgan fingerprint density at radius 3 is 2.82 bits per heavy atom. The van der Waals surface area contributed by atoms with Crippen molar-refractivity contribution in [3.8, 4) is 0 Å². The number of hydrogen-bond donors (Lipinski definition) is 1. The molecule has 0 spiro atoms. The van der Waals surface area contributed by atoms with E-state index in [4.69, 9.17) is 23.2 Å². The van der Waals surface area contributed by atoms with Crippen molar-refractivity contribution in [1.82, 2.24) is 0 Å². The molecule has 4 atom stereocenters. The highest BCUT2D eigenvalue weighted by molar-refractivity contribution is 7.14. The molecular weight excluding hydrogens is 418 g/mol. The van der Waals surface area contributed by atoms with Gasteiger partial charge in [0.1, 0.15) is 5.82 Å². The third-order valence-electron chi connectivity index (χ3n) is 5.23. The van der Waals surface area contributed by atoms with Gasteiger partial charge in [0.2, 0.25) is 0 Å². The van der Waals surface area contributed by atoms with Crippen LogP contribution in [0.5, 0.6) is 0 Å². The van der Waals surface area contributed by atoms with E-state index in [1.807, 2.05) is 24.3 Å². The molecule has 28 heavy (non-hydrogen) atoms. The number of ketones is 1. The predicted molar refractivity (Wildman–Crippen MR) is 115 cm³/mol. The molecule has 2 aromatic rings. The number of aliphatic hydroxyl groups excluding tert-OH is 1. The maximum Gasteiger partial charge on any atom is 0.169 e. The molecular formula is C22H23Cl2FO2S. The van der Waals surface area contributed by atoms with E-state index < -0.39 is 6.10 Å². The number of thiophene rings is 1. The van der Waals surface area contributed by atoms with Gasteiger partial charge in [0.15, 0.2) is 5.78 Å². The van der Waals surface area contributed by atoms with Gasteiger partial charge in [0, 0.05) is 21.2 Å². The number of Topliss-reactive ketones (excluding diaryl/α,β-unsaturated/α-hetero) is 1. The minimum Gasteiger partial charge on any atom is -0.392 e. The lowest BCUT2D eigenvalue weighted by atomic mass is 9.89. The fourth-order valence-corrected chi connectivity index (χ4v) is 5.49.